The largest absolute Gasteiger partial charge is 0.480 e. The highest BCUT2D eigenvalue weighted by molar-refractivity contribution is 5.83. The lowest BCUT2D eigenvalue weighted by molar-refractivity contribution is -0.142. The summed E-state index contributed by atoms with van der Waals surface area (Å²) in [5, 5.41) is 11.5. The molecule has 0 aliphatic rings. The monoisotopic (exact) mass is 262 g/mol. The van der Waals surface area contributed by atoms with Gasteiger partial charge in [0.2, 0.25) is 5.91 Å². The van der Waals surface area contributed by atoms with Gasteiger partial charge in [-0.1, -0.05) is 12.1 Å². The van der Waals surface area contributed by atoms with E-state index in [1.807, 2.05) is 12.1 Å². The molecule has 0 aliphatic carbocycles. The highest BCUT2D eigenvalue weighted by Crippen LogP contribution is 2.02. The number of carbonyl (C=O) groups excluding carboxylic acids is 1. The summed E-state index contributed by atoms with van der Waals surface area (Å²) >= 11 is 0. The Balaban J connectivity index is 2.40. The predicted molar refractivity (Wildman–Crippen MR) is 71.6 cm³/mol. The van der Waals surface area contributed by atoms with Gasteiger partial charge in [-0.05, 0) is 31.4 Å². The van der Waals surface area contributed by atoms with Crippen LogP contribution in [0.1, 0.15) is 25.0 Å². The second-order valence-corrected chi connectivity index (χ2v) is 4.15. The Morgan fingerprint density at radius 3 is 2.84 bits per heavy atom. The lowest BCUT2D eigenvalue weighted by Crippen LogP contribution is -2.40. The van der Waals surface area contributed by atoms with Crippen molar-refractivity contribution in [2.75, 3.05) is 0 Å². The molecule has 0 saturated carbocycles. The van der Waals surface area contributed by atoms with Crippen LogP contribution in [-0.2, 0) is 16.0 Å². The third kappa shape index (κ3) is 5.81. The Kier molecular flexibility index (Phi) is 6.29. The second-order valence-electron chi connectivity index (χ2n) is 4.15. The standard InChI is InChI=1S/C14H18N2O3/c1-2-3-7-12(14(18)19)16-13(17)9-8-11-6-4-5-10-15-11/h2,4-6,10,12H,1,3,7-9H2,(H,16,17)(H,18,19). The van der Waals surface area contributed by atoms with Crippen molar-refractivity contribution >= 4 is 11.9 Å². The predicted octanol–water partition coefficient (Wildman–Crippen LogP) is 1.55. The number of aromatic nitrogens is 1. The maximum atomic E-state index is 11.7. The number of nitrogens with one attached hydrogen (secondary N) is 1. The number of aryl methyl sites for hydroxylation is 1. The molecule has 0 aliphatic heterocycles. The summed E-state index contributed by atoms with van der Waals surface area (Å²) in [6, 6.07) is 4.64. The Labute approximate surface area is 112 Å². The molecule has 19 heavy (non-hydrogen) atoms. The van der Waals surface area contributed by atoms with Crippen LogP contribution in [0.25, 0.3) is 0 Å². The molecular weight excluding hydrogens is 244 g/mol. The van der Waals surface area contributed by atoms with E-state index in [1.165, 1.54) is 0 Å². The molecule has 1 amide bonds. The Bertz CT molecular complexity index is 432. The van der Waals surface area contributed by atoms with E-state index in [0.29, 0.717) is 19.3 Å². The number of hydrogen-bond donors (Lipinski definition) is 2. The van der Waals surface area contributed by atoms with Gasteiger partial charge in [0.05, 0.1) is 0 Å². The quantitative estimate of drug-likeness (QED) is 0.697. The van der Waals surface area contributed by atoms with Crippen molar-refractivity contribution in [3.8, 4) is 0 Å². The van der Waals surface area contributed by atoms with E-state index < -0.39 is 12.0 Å². The zero-order valence-corrected chi connectivity index (χ0v) is 10.7. The molecule has 5 nitrogen and oxygen atoms in total. The number of hydrogen-bond acceptors (Lipinski definition) is 3. The van der Waals surface area contributed by atoms with Gasteiger partial charge < -0.3 is 10.4 Å². The third-order valence-corrected chi connectivity index (χ3v) is 2.63. The second kappa shape index (κ2) is 8.02. The fraction of sp³-hybridized carbons (Fsp3) is 0.357. The van der Waals surface area contributed by atoms with Gasteiger partial charge in [-0.25, -0.2) is 4.79 Å². The molecule has 0 radical (unpaired) electrons. The lowest BCUT2D eigenvalue weighted by Gasteiger charge is -2.13. The summed E-state index contributed by atoms with van der Waals surface area (Å²) in [4.78, 5) is 26.7. The van der Waals surface area contributed by atoms with E-state index >= 15 is 0 Å². The van der Waals surface area contributed by atoms with Gasteiger partial charge in [-0.15, -0.1) is 6.58 Å². The van der Waals surface area contributed by atoms with Gasteiger partial charge in [-0.2, -0.15) is 0 Å². The minimum atomic E-state index is -1.02. The van der Waals surface area contributed by atoms with Crippen LogP contribution in [0.2, 0.25) is 0 Å². The zero-order valence-electron chi connectivity index (χ0n) is 10.7. The molecule has 2 N–H and O–H groups in total. The molecular formula is C14H18N2O3. The number of carbonyl (C=O) groups is 2. The van der Waals surface area contributed by atoms with E-state index in [-0.39, 0.29) is 12.3 Å². The summed E-state index contributed by atoms with van der Waals surface area (Å²) in [7, 11) is 0. The van der Waals surface area contributed by atoms with Crippen molar-refractivity contribution in [2.24, 2.45) is 0 Å². The summed E-state index contributed by atoms with van der Waals surface area (Å²) in [5.41, 5.74) is 0.815. The van der Waals surface area contributed by atoms with E-state index in [9.17, 15) is 9.59 Å². The molecule has 1 heterocycles. The first-order valence-corrected chi connectivity index (χ1v) is 6.16. The molecule has 0 spiro atoms. The first-order chi connectivity index (χ1) is 9.13. The van der Waals surface area contributed by atoms with Gasteiger partial charge in [0.1, 0.15) is 6.04 Å². The summed E-state index contributed by atoms with van der Waals surface area (Å²) < 4.78 is 0. The maximum absolute atomic E-state index is 11.7. The number of allylic oxidation sites excluding steroid dienone is 1. The number of rotatable bonds is 8. The first kappa shape index (κ1) is 14.9. The molecule has 5 heteroatoms. The third-order valence-electron chi connectivity index (χ3n) is 2.63. The summed E-state index contributed by atoms with van der Waals surface area (Å²) in [6.45, 7) is 3.53. The first-order valence-electron chi connectivity index (χ1n) is 6.16. The fourth-order valence-electron chi connectivity index (χ4n) is 1.60. The number of carboxylic acids is 1. The minimum Gasteiger partial charge on any atom is -0.480 e. The Morgan fingerprint density at radius 1 is 1.47 bits per heavy atom. The lowest BCUT2D eigenvalue weighted by atomic mass is 10.1. The molecule has 1 aromatic heterocycles. The van der Waals surface area contributed by atoms with Crippen molar-refractivity contribution in [2.45, 2.75) is 31.7 Å². The Morgan fingerprint density at radius 2 is 2.26 bits per heavy atom. The van der Waals surface area contributed by atoms with Gasteiger partial charge in [-0.3, -0.25) is 9.78 Å². The van der Waals surface area contributed by atoms with Crippen molar-refractivity contribution in [1.82, 2.24) is 10.3 Å². The van der Waals surface area contributed by atoms with Gasteiger partial charge in [0.15, 0.2) is 0 Å². The zero-order chi connectivity index (χ0) is 14.1. The number of aliphatic carboxylic acids is 1. The van der Waals surface area contributed by atoms with Crippen LogP contribution in [0.4, 0.5) is 0 Å². The minimum absolute atomic E-state index is 0.231. The van der Waals surface area contributed by atoms with Gasteiger partial charge in [0, 0.05) is 18.3 Å². The molecule has 1 aromatic rings. The van der Waals surface area contributed by atoms with E-state index in [4.69, 9.17) is 5.11 Å². The van der Waals surface area contributed by atoms with Gasteiger partial charge >= 0.3 is 5.97 Å². The van der Waals surface area contributed by atoms with Crippen LogP contribution in [0.15, 0.2) is 37.1 Å². The molecule has 1 atom stereocenters. The molecule has 1 unspecified atom stereocenters. The number of carboxylic acid groups (broad SMARTS) is 1. The van der Waals surface area contributed by atoms with Crippen molar-refractivity contribution < 1.29 is 14.7 Å². The Hall–Kier alpha value is -2.17. The van der Waals surface area contributed by atoms with Gasteiger partial charge in [0.25, 0.3) is 0 Å². The molecule has 1 rings (SSSR count). The van der Waals surface area contributed by atoms with Crippen LogP contribution in [-0.4, -0.2) is 28.0 Å². The van der Waals surface area contributed by atoms with E-state index in [2.05, 4.69) is 16.9 Å². The normalized spacial score (nSPS) is 11.6. The van der Waals surface area contributed by atoms with E-state index in [0.717, 1.165) is 5.69 Å². The molecule has 0 fully saturated rings. The van der Waals surface area contributed by atoms with Crippen molar-refractivity contribution in [3.05, 3.63) is 42.7 Å². The average Bonchev–Trinajstić information content (AvgIpc) is 2.42. The average molecular weight is 262 g/mol. The smallest absolute Gasteiger partial charge is 0.326 e. The summed E-state index contributed by atoms with van der Waals surface area (Å²) in [6.07, 6.45) is 4.94. The van der Waals surface area contributed by atoms with Crippen molar-refractivity contribution in [1.29, 1.82) is 0 Å². The molecule has 102 valence electrons. The molecule has 0 bridgehead atoms. The SMILES string of the molecule is C=CCCC(NC(=O)CCc1ccccn1)C(=O)O. The fourth-order valence-corrected chi connectivity index (χ4v) is 1.60. The van der Waals surface area contributed by atoms with Crippen LogP contribution < -0.4 is 5.32 Å². The topological polar surface area (TPSA) is 79.3 Å². The van der Waals surface area contributed by atoms with Crippen LogP contribution in [0.5, 0.6) is 0 Å². The molecule has 0 aromatic carbocycles. The highest BCUT2D eigenvalue weighted by atomic mass is 16.4. The van der Waals surface area contributed by atoms with Crippen LogP contribution in [0.3, 0.4) is 0 Å². The van der Waals surface area contributed by atoms with Crippen LogP contribution in [0, 0.1) is 0 Å². The maximum Gasteiger partial charge on any atom is 0.326 e. The highest BCUT2D eigenvalue weighted by Gasteiger charge is 2.18. The summed E-state index contributed by atoms with van der Waals surface area (Å²) in [5.74, 6) is -1.30. The molecule has 0 saturated heterocycles. The van der Waals surface area contributed by atoms with Crippen LogP contribution >= 0.6 is 0 Å². The van der Waals surface area contributed by atoms with Crippen molar-refractivity contribution in [3.63, 3.8) is 0 Å². The number of nitrogens with zero attached hydrogens (tertiary/aromatic N) is 1. The number of amides is 1. The number of pyridine rings is 1. The van der Waals surface area contributed by atoms with E-state index in [1.54, 1.807) is 18.3 Å².